The summed E-state index contributed by atoms with van der Waals surface area (Å²) in [5.74, 6) is 7.08. The molecule has 6 atom stereocenters. The van der Waals surface area contributed by atoms with Crippen LogP contribution in [0.1, 0.15) is 149 Å². The Hall–Kier alpha value is -0.560. The summed E-state index contributed by atoms with van der Waals surface area (Å²) in [6, 6.07) is 0. The van der Waals surface area contributed by atoms with Crippen LogP contribution in [0.25, 0.3) is 0 Å². The van der Waals surface area contributed by atoms with Crippen molar-refractivity contribution in [2.24, 2.45) is 59.2 Å². The third-order valence-corrected chi connectivity index (χ3v) is 9.98. The highest BCUT2D eigenvalue weighted by atomic mass is 16.5. The van der Waals surface area contributed by atoms with Crippen molar-refractivity contribution in [2.45, 2.75) is 174 Å². The minimum Gasteiger partial charge on any atom is -0.396 e. The van der Waals surface area contributed by atoms with E-state index in [1.165, 1.54) is 46.3 Å². The maximum Gasteiger partial charge on any atom is 0.103 e. The van der Waals surface area contributed by atoms with Gasteiger partial charge in [-0.3, -0.25) is 0 Å². The van der Waals surface area contributed by atoms with Gasteiger partial charge in [0.2, 0.25) is 0 Å². The van der Waals surface area contributed by atoms with Crippen molar-refractivity contribution in [3.05, 3.63) is 0 Å². The minimum absolute atomic E-state index is 0.118. The third kappa shape index (κ3) is 82.4. The molecule has 0 aliphatic heterocycles. The average Bonchev–Trinajstić information content (AvgIpc) is 3.26. The zero-order valence-electron chi connectivity index (χ0n) is 49.3. The molecule has 0 spiro atoms. The van der Waals surface area contributed by atoms with Gasteiger partial charge in [-0.1, -0.05) is 117 Å². The number of aliphatic hydroxyl groups excluding tert-OH is 6. The fourth-order valence-corrected chi connectivity index (χ4v) is 5.94. The predicted octanol–water partition coefficient (Wildman–Crippen LogP) is 9.31. The van der Waals surface area contributed by atoms with E-state index in [1.54, 1.807) is 35.5 Å². The summed E-state index contributed by atoms with van der Waals surface area (Å²) in [5.41, 5.74) is 0. The van der Waals surface area contributed by atoms with Gasteiger partial charge in [0, 0.05) is 89.2 Å². The lowest BCUT2D eigenvalue weighted by molar-refractivity contribution is 0.00933. The van der Waals surface area contributed by atoms with E-state index in [0.717, 1.165) is 79.5 Å². The molecule has 0 fully saturated rings. The van der Waals surface area contributed by atoms with Crippen molar-refractivity contribution in [1.29, 1.82) is 0 Å². The van der Waals surface area contributed by atoms with Crippen LogP contribution in [0.15, 0.2) is 0 Å². The molecule has 0 rings (SSSR count). The Kier molecular flexibility index (Phi) is 82.3. The van der Waals surface area contributed by atoms with Crippen LogP contribution in [0.5, 0.6) is 0 Å². The fourth-order valence-electron chi connectivity index (χ4n) is 5.94. The summed E-state index contributed by atoms with van der Waals surface area (Å²) in [6.45, 7) is 39.1. The van der Waals surface area contributed by atoms with E-state index in [0.29, 0.717) is 19.3 Å². The maximum absolute atomic E-state index is 8.73. The molecular formula is C54H124O14. The van der Waals surface area contributed by atoms with Crippen molar-refractivity contribution in [2.75, 3.05) is 123 Å². The molecule has 0 bridgehead atoms. The topological polar surface area (TPSA) is 195 Å². The molecule has 6 N–H and O–H groups in total. The Balaban J connectivity index is -0.000000102. The summed E-state index contributed by atoms with van der Waals surface area (Å²) in [4.78, 5) is 0. The van der Waals surface area contributed by atoms with Crippen LogP contribution in [0.3, 0.4) is 0 Å². The number of methoxy groups -OCH3 is 8. The summed E-state index contributed by atoms with van der Waals surface area (Å²) < 4.78 is 39.0. The smallest absolute Gasteiger partial charge is 0.103 e. The van der Waals surface area contributed by atoms with Crippen LogP contribution in [0.2, 0.25) is 0 Å². The lowest BCUT2D eigenvalue weighted by atomic mass is 9.88. The minimum atomic E-state index is -0.718. The van der Waals surface area contributed by atoms with Gasteiger partial charge in [-0.15, -0.1) is 0 Å². The van der Waals surface area contributed by atoms with Gasteiger partial charge in [-0.2, -0.15) is 0 Å². The second-order valence-corrected chi connectivity index (χ2v) is 20.0. The number of ether oxygens (including phenoxy) is 8. The quantitative estimate of drug-likeness (QED) is 0.0399. The average molecular weight is 998 g/mol. The molecule has 0 aromatic heterocycles. The summed E-state index contributed by atoms with van der Waals surface area (Å²) in [6.07, 6.45) is 6.01. The second kappa shape index (κ2) is 66.4. The Labute approximate surface area is 423 Å². The molecule has 0 saturated carbocycles. The zero-order chi connectivity index (χ0) is 55.1. The monoisotopic (exact) mass is 997 g/mol. The van der Waals surface area contributed by atoms with E-state index in [-0.39, 0.29) is 45.1 Å². The maximum atomic E-state index is 8.73. The molecular weight excluding hydrogens is 873 g/mol. The Morgan fingerprint density at radius 3 is 0.838 bits per heavy atom. The standard InChI is InChI=1S/2C10H22O.2C8H18O.2C5H12O2.2C4H10O3/c1-8(2)6-10(7-11-5)9(3)4;1-8(2)6-10(11-5)7-9(3)4;1-7(2)5-8(3)6-9-4;1-5-8(6-9-4)7(2)3;1-5(3-6)4-7-2;1-3-5(6)4-7-2;1-7-3-4(6)2-5;1-7-4(2-5)3-6/h2*8-10H,6-7H2,1-5H3;2*7-8H,5-6H2,1-4H3;2*5-6H,3-4H2,1-2H3;2*4-6H,2-3H2,1H3/t10-;;;8-;;;;/m0..0..../s1. The molecule has 68 heavy (non-hydrogen) atoms. The van der Waals surface area contributed by atoms with Crippen molar-refractivity contribution in [1.82, 2.24) is 0 Å². The molecule has 0 aliphatic carbocycles. The summed E-state index contributed by atoms with van der Waals surface area (Å²) in [5, 5.41) is 50.2. The molecule has 424 valence electrons. The fraction of sp³-hybridized carbons (Fsp3) is 1.00. The Morgan fingerprint density at radius 2 is 0.662 bits per heavy atom. The third-order valence-electron chi connectivity index (χ3n) is 9.98. The first-order chi connectivity index (χ1) is 31.8. The van der Waals surface area contributed by atoms with Gasteiger partial charge in [0.1, 0.15) is 12.2 Å². The van der Waals surface area contributed by atoms with E-state index >= 15 is 0 Å². The van der Waals surface area contributed by atoms with Crippen LogP contribution in [-0.2, 0) is 37.9 Å². The molecule has 14 nitrogen and oxygen atoms in total. The largest absolute Gasteiger partial charge is 0.396 e. The van der Waals surface area contributed by atoms with Gasteiger partial charge in [-0.25, -0.2) is 0 Å². The second-order valence-electron chi connectivity index (χ2n) is 20.0. The van der Waals surface area contributed by atoms with E-state index < -0.39 is 12.2 Å². The van der Waals surface area contributed by atoms with Crippen LogP contribution in [0.4, 0.5) is 0 Å². The van der Waals surface area contributed by atoms with E-state index in [9.17, 15) is 0 Å². The van der Waals surface area contributed by atoms with E-state index in [2.05, 4.69) is 111 Å². The molecule has 0 heterocycles. The first-order valence-electron chi connectivity index (χ1n) is 25.6. The molecule has 0 amide bonds. The van der Waals surface area contributed by atoms with Gasteiger partial charge in [-0.05, 0) is 85.4 Å². The Morgan fingerprint density at radius 1 is 0.324 bits per heavy atom. The molecule has 4 unspecified atom stereocenters. The number of hydrogen-bond donors (Lipinski definition) is 6. The molecule has 0 aliphatic rings. The van der Waals surface area contributed by atoms with Gasteiger partial charge < -0.3 is 68.5 Å². The van der Waals surface area contributed by atoms with Crippen LogP contribution in [0, 0.1) is 59.2 Å². The van der Waals surface area contributed by atoms with E-state index in [1.807, 2.05) is 21.0 Å². The van der Waals surface area contributed by atoms with Gasteiger partial charge in [0.05, 0.1) is 51.8 Å². The van der Waals surface area contributed by atoms with Gasteiger partial charge in [0.25, 0.3) is 0 Å². The number of rotatable bonds is 30. The molecule has 0 radical (unpaired) electrons. The number of hydrogen-bond acceptors (Lipinski definition) is 14. The molecule has 14 heteroatoms. The predicted molar refractivity (Wildman–Crippen MR) is 287 cm³/mol. The van der Waals surface area contributed by atoms with Crippen LogP contribution in [-0.4, -0.2) is 178 Å². The van der Waals surface area contributed by atoms with Gasteiger partial charge in [0.15, 0.2) is 0 Å². The first kappa shape index (κ1) is 84.3. The molecule has 0 aromatic carbocycles. The first-order valence-corrected chi connectivity index (χ1v) is 25.6. The molecule has 0 saturated heterocycles. The summed E-state index contributed by atoms with van der Waals surface area (Å²) >= 11 is 0. The Bertz CT molecular complexity index is 788. The van der Waals surface area contributed by atoms with Gasteiger partial charge >= 0.3 is 0 Å². The lowest BCUT2D eigenvalue weighted by Gasteiger charge is -2.21. The normalized spacial score (nSPS) is 13.5. The highest BCUT2D eigenvalue weighted by Crippen LogP contribution is 2.20. The highest BCUT2D eigenvalue weighted by Gasteiger charge is 2.14. The van der Waals surface area contributed by atoms with Crippen molar-refractivity contribution in [3.8, 4) is 0 Å². The van der Waals surface area contributed by atoms with Crippen molar-refractivity contribution in [3.63, 3.8) is 0 Å². The number of aliphatic hydroxyl groups is 6. The van der Waals surface area contributed by atoms with Crippen LogP contribution < -0.4 is 0 Å². The van der Waals surface area contributed by atoms with Crippen molar-refractivity contribution >= 4 is 0 Å². The van der Waals surface area contributed by atoms with E-state index in [4.69, 9.17) is 54.3 Å². The SMILES string of the molecule is CCC(O)COC.CC[C@@H](COC)C(C)C.COC(CC(C)C)CC(C)C.COC(CO)CO.COCC(C)CC(C)C.COCC(C)CO.COCC(O)CO.COC[C@H](CC(C)C)C(C)C. The summed E-state index contributed by atoms with van der Waals surface area (Å²) in [7, 11) is 13.3. The molecule has 0 aromatic rings. The lowest BCUT2D eigenvalue weighted by Crippen LogP contribution is -2.19. The zero-order valence-corrected chi connectivity index (χ0v) is 49.3. The highest BCUT2D eigenvalue weighted by molar-refractivity contribution is 4.64. The van der Waals surface area contributed by atoms with Crippen LogP contribution >= 0.6 is 0 Å². The van der Waals surface area contributed by atoms with Crippen molar-refractivity contribution < 1.29 is 68.5 Å².